The molecule has 3 aliphatic rings. The fourth-order valence-electron chi connectivity index (χ4n) is 4.46. The van der Waals surface area contributed by atoms with Crippen molar-refractivity contribution in [3.8, 4) is 0 Å². The molecular formula is C24H33BN2O5. The lowest BCUT2D eigenvalue weighted by Gasteiger charge is -2.33. The molecule has 0 unspecified atom stereocenters. The zero-order valence-corrected chi connectivity index (χ0v) is 19.6. The van der Waals surface area contributed by atoms with Crippen LogP contribution in [0.15, 0.2) is 11.1 Å². The second-order valence-electron chi connectivity index (χ2n) is 9.83. The highest BCUT2D eigenvalue weighted by Gasteiger charge is 2.52. The topological polar surface area (TPSA) is 80.6 Å². The monoisotopic (exact) mass is 440 g/mol. The number of rotatable bonds is 5. The van der Waals surface area contributed by atoms with Crippen LogP contribution >= 0.6 is 0 Å². The molecule has 0 saturated carbocycles. The van der Waals surface area contributed by atoms with E-state index in [9.17, 15) is 9.90 Å². The van der Waals surface area contributed by atoms with E-state index in [1.807, 2.05) is 45.7 Å². The van der Waals surface area contributed by atoms with Crippen molar-refractivity contribution in [1.29, 1.82) is 0 Å². The van der Waals surface area contributed by atoms with Gasteiger partial charge in [0.2, 0.25) is 0 Å². The fraction of sp³-hybridized carbons (Fsp3) is 0.583. The molecule has 172 valence electrons. The second kappa shape index (κ2) is 8.74. The molecule has 2 atom stereocenters. The number of fused-ring (bicyclic) bond motifs is 1. The Morgan fingerprint density at radius 2 is 1.81 bits per heavy atom. The van der Waals surface area contributed by atoms with Gasteiger partial charge in [-0.15, -0.1) is 0 Å². The zero-order chi connectivity index (χ0) is 23.1. The van der Waals surface area contributed by atoms with Crippen LogP contribution in [-0.4, -0.2) is 73.4 Å². The van der Waals surface area contributed by atoms with Crippen molar-refractivity contribution in [3.05, 3.63) is 22.1 Å². The lowest BCUT2D eigenvalue weighted by atomic mass is 9.75. The number of carbonyl (C=O) groups excluding carboxylic acids is 1. The van der Waals surface area contributed by atoms with Crippen molar-refractivity contribution in [2.75, 3.05) is 20.3 Å². The van der Waals surface area contributed by atoms with E-state index in [0.717, 1.165) is 41.4 Å². The zero-order valence-electron chi connectivity index (χ0n) is 19.6. The number of nitrogens with zero attached hydrogens (tertiary/aromatic N) is 2. The van der Waals surface area contributed by atoms with E-state index in [2.05, 4.69) is 12.2 Å². The van der Waals surface area contributed by atoms with Gasteiger partial charge in [-0.2, -0.15) is 0 Å². The molecule has 8 heteroatoms. The molecule has 1 aromatic carbocycles. The van der Waals surface area contributed by atoms with Gasteiger partial charge in [0, 0.05) is 24.4 Å². The minimum atomic E-state index is -0.565. The van der Waals surface area contributed by atoms with E-state index in [1.54, 1.807) is 6.34 Å². The van der Waals surface area contributed by atoms with Gasteiger partial charge in [-0.05, 0) is 63.7 Å². The number of hydrogen-bond acceptors (Lipinski definition) is 6. The molecule has 4 rings (SSSR count). The number of carbonyl (C=O) groups is 1. The van der Waals surface area contributed by atoms with E-state index >= 15 is 0 Å². The van der Waals surface area contributed by atoms with Crippen LogP contribution in [0.4, 0.5) is 5.69 Å². The summed E-state index contributed by atoms with van der Waals surface area (Å²) >= 11 is 0. The molecule has 2 aliphatic heterocycles. The highest BCUT2D eigenvalue weighted by Crippen LogP contribution is 2.36. The van der Waals surface area contributed by atoms with Gasteiger partial charge in [-0.3, -0.25) is 4.79 Å². The van der Waals surface area contributed by atoms with Crippen LogP contribution in [0.3, 0.4) is 0 Å². The molecule has 2 heterocycles. The summed E-state index contributed by atoms with van der Waals surface area (Å²) in [6, 6.07) is 1.78. The number of aliphatic imine (C=N–C) groups is 1. The second-order valence-corrected chi connectivity index (χ2v) is 9.83. The third kappa shape index (κ3) is 4.17. The molecule has 0 radical (unpaired) electrons. The molecule has 2 fully saturated rings. The van der Waals surface area contributed by atoms with Crippen molar-refractivity contribution in [1.82, 2.24) is 4.90 Å². The Bertz CT molecular complexity index is 1020. The Hall–Kier alpha value is -2.00. The summed E-state index contributed by atoms with van der Waals surface area (Å²) in [6.07, 6.45) is 8.81. The fourth-order valence-corrected chi connectivity index (χ4v) is 4.46. The van der Waals surface area contributed by atoms with Crippen LogP contribution in [0.2, 0.25) is 0 Å². The maximum absolute atomic E-state index is 12.1. The van der Waals surface area contributed by atoms with E-state index in [-0.39, 0.29) is 6.04 Å². The lowest BCUT2D eigenvalue weighted by Crippen LogP contribution is -2.51. The normalized spacial score (nSPS) is 26.4. The van der Waals surface area contributed by atoms with Gasteiger partial charge in [0.05, 0.1) is 42.0 Å². The molecule has 0 aromatic heterocycles. The van der Waals surface area contributed by atoms with Gasteiger partial charge in [0.1, 0.15) is 0 Å². The summed E-state index contributed by atoms with van der Waals surface area (Å²) in [6.45, 7) is 9.03. The molecule has 0 amide bonds. The third-order valence-corrected chi connectivity index (χ3v) is 7.12. The first-order valence-electron chi connectivity index (χ1n) is 11.3. The minimum Gasteiger partial charge on any atom is -0.399 e. The summed E-state index contributed by atoms with van der Waals surface area (Å²) in [5.41, 5.74) is 1.07. The van der Waals surface area contributed by atoms with Crippen LogP contribution in [0.25, 0.3) is 12.2 Å². The number of aldehydes is 1. The Balaban J connectivity index is 1.74. The summed E-state index contributed by atoms with van der Waals surface area (Å²) in [5.74, 6) is 0. The number of aliphatic hydroxyl groups is 1. The summed E-state index contributed by atoms with van der Waals surface area (Å²) in [4.78, 5) is 18.7. The number of likely N-dealkylation sites (N-methyl/N-ethyl adjacent to an activating group) is 1. The van der Waals surface area contributed by atoms with E-state index in [0.29, 0.717) is 24.5 Å². The molecule has 1 N–H and O–H groups in total. The number of aliphatic hydroxyl groups excluding tert-OH is 1. The van der Waals surface area contributed by atoms with Gasteiger partial charge >= 0.3 is 7.12 Å². The number of ether oxygens (including phenoxy) is 1. The van der Waals surface area contributed by atoms with Crippen molar-refractivity contribution < 1.29 is 23.9 Å². The number of hydrogen-bond donors (Lipinski definition) is 1. The summed E-state index contributed by atoms with van der Waals surface area (Å²) in [7, 11) is 1.35. The van der Waals surface area contributed by atoms with E-state index in [4.69, 9.17) is 19.0 Å². The third-order valence-electron chi connectivity index (χ3n) is 7.12. The van der Waals surface area contributed by atoms with Crippen LogP contribution < -0.4 is 15.9 Å². The first kappa shape index (κ1) is 23.2. The van der Waals surface area contributed by atoms with Crippen molar-refractivity contribution in [2.24, 2.45) is 4.99 Å². The standard InChI is InChI=1S/C24H33BN2O5/c1-23(2)24(3,4)32-25(31-23)19-12-16(13-28)22(18-9-7-6-8-17(18)19)26-15-27(5)20-10-11-30-14-21(20)29/h8-9,12-13,15,20-21,29H,6-7,10-11,14H2,1-5H3/t20-,21-/m0/s1. The molecule has 7 nitrogen and oxygen atoms in total. The van der Waals surface area contributed by atoms with E-state index in [1.165, 1.54) is 0 Å². The van der Waals surface area contributed by atoms with Crippen LogP contribution in [-0.2, 0) is 14.0 Å². The molecule has 0 spiro atoms. The van der Waals surface area contributed by atoms with Gasteiger partial charge in [0.25, 0.3) is 0 Å². The van der Waals surface area contributed by atoms with Gasteiger partial charge in [0.15, 0.2) is 6.29 Å². The van der Waals surface area contributed by atoms with Crippen LogP contribution in [0, 0.1) is 0 Å². The Kier molecular flexibility index (Phi) is 6.33. The van der Waals surface area contributed by atoms with Gasteiger partial charge in [-0.25, -0.2) is 4.99 Å². The number of benzene rings is 1. The minimum absolute atomic E-state index is 0.0671. The average Bonchev–Trinajstić information content (AvgIpc) is 2.98. The predicted octanol–water partition coefficient (Wildman–Crippen LogP) is 0.895. The summed E-state index contributed by atoms with van der Waals surface area (Å²) < 4.78 is 17.9. The Labute approximate surface area is 189 Å². The molecular weight excluding hydrogens is 407 g/mol. The molecule has 1 aliphatic carbocycles. The largest absolute Gasteiger partial charge is 0.495 e. The maximum atomic E-state index is 12.1. The first-order valence-corrected chi connectivity index (χ1v) is 11.3. The van der Waals surface area contributed by atoms with E-state index < -0.39 is 24.4 Å². The molecule has 32 heavy (non-hydrogen) atoms. The van der Waals surface area contributed by atoms with Gasteiger partial charge in [-0.1, -0.05) is 12.2 Å². The molecule has 0 bridgehead atoms. The van der Waals surface area contributed by atoms with Gasteiger partial charge < -0.3 is 24.1 Å². The van der Waals surface area contributed by atoms with Crippen LogP contribution in [0.5, 0.6) is 0 Å². The molecule has 2 saturated heterocycles. The van der Waals surface area contributed by atoms with Crippen molar-refractivity contribution >= 4 is 43.0 Å². The van der Waals surface area contributed by atoms with Crippen molar-refractivity contribution in [2.45, 2.75) is 70.3 Å². The highest BCUT2D eigenvalue weighted by molar-refractivity contribution is 6.62. The Morgan fingerprint density at radius 1 is 1.16 bits per heavy atom. The van der Waals surface area contributed by atoms with Crippen LogP contribution in [0.1, 0.15) is 57.3 Å². The lowest BCUT2D eigenvalue weighted by molar-refractivity contribution is -0.0442. The maximum Gasteiger partial charge on any atom is 0.495 e. The average molecular weight is 440 g/mol. The first-order chi connectivity index (χ1) is 15.1. The van der Waals surface area contributed by atoms with Crippen molar-refractivity contribution in [3.63, 3.8) is 0 Å². The summed E-state index contributed by atoms with van der Waals surface area (Å²) in [5, 5.41) is 12.2. The SMILES string of the molecule is CN(C=Nc1c(C=O)cc(B2OC(C)(C)C(C)(C)O2)c2c1=CCCC=2)[C@H]1CCOC[C@@H]1O. The molecule has 1 aromatic rings. The Morgan fingerprint density at radius 3 is 2.44 bits per heavy atom. The quantitative estimate of drug-likeness (QED) is 0.317. The predicted molar refractivity (Wildman–Crippen MR) is 126 cm³/mol. The highest BCUT2D eigenvalue weighted by atomic mass is 16.7. The smallest absolute Gasteiger partial charge is 0.399 e.